The van der Waals surface area contributed by atoms with Gasteiger partial charge in [-0.2, -0.15) is 5.26 Å². The highest BCUT2D eigenvalue weighted by molar-refractivity contribution is 7.12. The highest BCUT2D eigenvalue weighted by Crippen LogP contribution is 2.47. The van der Waals surface area contributed by atoms with Gasteiger partial charge in [0.25, 0.3) is 5.69 Å². The summed E-state index contributed by atoms with van der Waals surface area (Å²) in [5.74, 6) is -1.28. The van der Waals surface area contributed by atoms with Gasteiger partial charge in [0.15, 0.2) is 11.5 Å². The van der Waals surface area contributed by atoms with Gasteiger partial charge in [-0.15, -0.1) is 11.3 Å². The summed E-state index contributed by atoms with van der Waals surface area (Å²) in [6.45, 7) is 2.82. The van der Waals surface area contributed by atoms with Gasteiger partial charge >= 0.3 is 5.97 Å². The lowest BCUT2D eigenvalue weighted by atomic mass is 9.81. The van der Waals surface area contributed by atoms with E-state index in [1.807, 2.05) is 24.3 Å². The number of pyridine rings is 1. The van der Waals surface area contributed by atoms with Crippen molar-refractivity contribution in [3.63, 3.8) is 0 Å². The molecule has 2 atom stereocenters. The summed E-state index contributed by atoms with van der Waals surface area (Å²) in [7, 11) is 0. The lowest BCUT2D eigenvalue weighted by molar-refractivity contribution is -0.385. The molecule has 2 aromatic heterocycles. The van der Waals surface area contributed by atoms with Gasteiger partial charge in [0.05, 0.1) is 47.1 Å². The average Bonchev–Trinajstić information content (AvgIpc) is 3.61. The molecule has 4 heterocycles. The number of nitriles is 1. The zero-order valence-corrected chi connectivity index (χ0v) is 20.8. The van der Waals surface area contributed by atoms with Gasteiger partial charge in [0.2, 0.25) is 5.88 Å². The van der Waals surface area contributed by atoms with Crippen LogP contribution in [0, 0.1) is 26.9 Å². The Hall–Kier alpha value is -4.47. The number of nitrogens with zero attached hydrogens (tertiary/aromatic N) is 4. The van der Waals surface area contributed by atoms with Crippen LogP contribution >= 0.6 is 11.3 Å². The number of carboxylic acids is 1. The zero-order chi connectivity index (χ0) is 26.7. The van der Waals surface area contributed by atoms with Crippen LogP contribution in [-0.2, 0) is 9.47 Å². The summed E-state index contributed by atoms with van der Waals surface area (Å²) < 4.78 is 16.9. The number of ether oxygens (including phenoxy) is 3. The second-order valence-corrected chi connectivity index (χ2v) is 9.58. The van der Waals surface area contributed by atoms with Crippen LogP contribution in [0.3, 0.4) is 0 Å². The number of morpholine rings is 1. The second kappa shape index (κ2) is 10.5. The lowest BCUT2D eigenvalue weighted by Crippen LogP contribution is -2.36. The number of hydrogen-bond donors (Lipinski definition) is 1. The number of thiophene rings is 1. The van der Waals surface area contributed by atoms with E-state index in [-0.39, 0.29) is 22.9 Å². The van der Waals surface area contributed by atoms with Crippen molar-refractivity contribution in [2.24, 2.45) is 5.41 Å². The van der Waals surface area contributed by atoms with E-state index in [9.17, 15) is 25.3 Å². The lowest BCUT2D eigenvalue weighted by Gasteiger charge is -2.29. The van der Waals surface area contributed by atoms with Crippen LogP contribution < -0.4 is 9.64 Å². The predicted molar refractivity (Wildman–Crippen MR) is 137 cm³/mol. The fourth-order valence-corrected chi connectivity index (χ4v) is 5.34. The predicted octanol–water partition coefficient (Wildman–Crippen LogP) is 4.43. The Balaban J connectivity index is 1.51. The third kappa shape index (κ3) is 4.77. The smallest absolute Gasteiger partial charge is 0.346 e. The SMILES string of the molecule is N#CC1(C(Oc2cccc(-c3ccc(N4CCOCC4)cc3)n2)c2c([N+](=O)[O-])csc2C(=O)O)C=COC1. The molecule has 2 unspecified atom stereocenters. The number of nitro groups is 1. The van der Waals surface area contributed by atoms with Crippen LogP contribution in [-0.4, -0.2) is 53.9 Å². The molecule has 2 aliphatic rings. The largest absolute Gasteiger partial charge is 0.499 e. The number of aromatic carboxylic acids is 1. The Morgan fingerprint density at radius 2 is 2.03 bits per heavy atom. The highest BCUT2D eigenvalue weighted by Gasteiger charge is 2.49. The van der Waals surface area contributed by atoms with Gasteiger partial charge in [-0.25, -0.2) is 9.78 Å². The molecule has 1 fully saturated rings. The van der Waals surface area contributed by atoms with Gasteiger partial charge in [-0.05, 0) is 24.3 Å². The van der Waals surface area contributed by atoms with E-state index >= 15 is 0 Å². The summed E-state index contributed by atoms with van der Waals surface area (Å²) in [6.07, 6.45) is 1.37. The van der Waals surface area contributed by atoms with E-state index in [4.69, 9.17) is 14.2 Å². The molecule has 11 nitrogen and oxygen atoms in total. The Kier molecular flexibility index (Phi) is 6.95. The number of benzene rings is 1. The number of rotatable bonds is 8. The average molecular weight is 535 g/mol. The van der Waals surface area contributed by atoms with Crippen molar-refractivity contribution in [3.8, 4) is 23.2 Å². The molecular formula is C26H22N4O7S. The third-order valence-corrected chi connectivity index (χ3v) is 7.39. The molecule has 1 saturated heterocycles. The molecule has 0 radical (unpaired) electrons. The topological polar surface area (TPSA) is 148 Å². The summed E-state index contributed by atoms with van der Waals surface area (Å²) in [4.78, 5) is 29.6. The van der Waals surface area contributed by atoms with E-state index < -0.39 is 28.1 Å². The molecule has 0 spiro atoms. The first-order valence-electron chi connectivity index (χ1n) is 11.7. The molecule has 0 aliphatic carbocycles. The number of aromatic nitrogens is 1. The molecule has 2 aliphatic heterocycles. The minimum absolute atomic E-state index is 0.0801. The first-order chi connectivity index (χ1) is 18.4. The van der Waals surface area contributed by atoms with Gasteiger partial charge < -0.3 is 24.2 Å². The van der Waals surface area contributed by atoms with Crippen LogP contribution in [0.15, 0.2) is 60.2 Å². The minimum atomic E-state index is -1.51. The van der Waals surface area contributed by atoms with E-state index in [2.05, 4.69) is 16.0 Å². The Morgan fingerprint density at radius 1 is 1.26 bits per heavy atom. The fraction of sp³-hybridized carbons (Fsp3) is 0.269. The van der Waals surface area contributed by atoms with Crippen LogP contribution in [0.1, 0.15) is 21.3 Å². The van der Waals surface area contributed by atoms with E-state index in [1.54, 1.807) is 18.2 Å². The minimum Gasteiger partial charge on any atom is -0.499 e. The third-order valence-electron chi connectivity index (χ3n) is 6.42. The molecule has 0 saturated carbocycles. The van der Waals surface area contributed by atoms with Crippen molar-refractivity contribution < 1.29 is 29.0 Å². The Morgan fingerprint density at radius 3 is 2.66 bits per heavy atom. The number of anilines is 1. The zero-order valence-electron chi connectivity index (χ0n) is 20.0. The number of hydrogen-bond acceptors (Lipinski definition) is 10. The van der Waals surface area contributed by atoms with Gasteiger partial charge in [-0.1, -0.05) is 18.2 Å². The van der Waals surface area contributed by atoms with Crippen LogP contribution in [0.5, 0.6) is 5.88 Å². The van der Waals surface area contributed by atoms with Crippen LogP contribution in [0.2, 0.25) is 0 Å². The van der Waals surface area contributed by atoms with Crippen molar-refractivity contribution in [3.05, 3.63) is 80.7 Å². The highest BCUT2D eigenvalue weighted by atomic mass is 32.1. The summed E-state index contributed by atoms with van der Waals surface area (Å²) in [6, 6.07) is 15.0. The van der Waals surface area contributed by atoms with Gasteiger partial charge in [0, 0.05) is 30.4 Å². The first kappa shape index (κ1) is 25.2. The molecular weight excluding hydrogens is 512 g/mol. The maximum Gasteiger partial charge on any atom is 0.346 e. The van der Waals surface area contributed by atoms with Gasteiger partial charge in [0.1, 0.15) is 11.5 Å². The second-order valence-electron chi connectivity index (χ2n) is 8.70. The molecule has 0 bridgehead atoms. The van der Waals surface area contributed by atoms with Crippen LogP contribution in [0.4, 0.5) is 11.4 Å². The van der Waals surface area contributed by atoms with Crippen LogP contribution in [0.25, 0.3) is 11.3 Å². The summed E-state index contributed by atoms with van der Waals surface area (Å²) in [5, 5.41) is 32.8. The Bertz CT molecular complexity index is 1390. The molecule has 194 valence electrons. The maximum atomic E-state index is 12.0. The van der Waals surface area contributed by atoms with E-state index in [1.165, 1.54) is 12.3 Å². The van der Waals surface area contributed by atoms with Crippen molar-refractivity contribution in [1.29, 1.82) is 5.26 Å². The summed E-state index contributed by atoms with van der Waals surface area (Å²) >= 11 is 0.705. The quantitative estimate of drug-likeness (QED) is 0.325. The molecule has 5 rings (SSSR count). The van der Waals surface area contributed by atoms with E-state index in [0.717, 1.165) is 29.7 Å². The molecule has 1 N–H and O–H groups in total. The van der Waals surface area contributed by atoms with Crippen molar-refractivity contribution in [2.75, 3.05) is 37.8 Å². The standard InChI is InChI=1S/C26H22N4O7S/c27-15-26(8-11-36-16-26)24(22-20(30(33)34)14-38-23(22)25(31)32)37-21-3-1-2-19(28-21)17-4-6-18(7-5-17)29-9-12-35-13-10-29/h1-8,11,14,24H,9-10,12-13,16H2,(H,31,32). The van der Waals surface area contributed by atoms with Crippen molar-refractivity contribution >= 4 is 28.7 Å². The molecule has 3 aromatic rings. The first-order valence-corrected chi connectivity index (χ1v) is 12.6. The normalized spacial score (nSPS) is 19.4. The number of carbonyl (C=O) groups is 1. The van der Waals surface area contributed by atoms with Gasteiger partial charge in [-0.3, -0.25) is 10.1 Å². The fourth-order valence-electron chi connectivity index (χ4n) is 4.46. The molecule has 0 amide bonds. The monoisotopic (exact) mass is 534 g/mol. The van der Waals surface area contributed by atoms with Crippen molar-refractivity contribution in [1.82, 2.24) is 4.98 Å². The maximum absolute atomic E-state index is 12.0. The molecule has 38 heavy (non-hydrogen) atoms. The van der Waals surface area contributed by atoms with Crippen molar-refractivity contribution in [2.45, 2.75) is 6.10 Å². The van der Waals surface area contributed by atoms with E-state index in [0.29, 0.717) is 30.2 Å². The molecule has 12 heteroatoms. The Labute approximate surface area is 221 Å². The summed E-state index contributed by atoms with van der Waals surface area (Å²) in [5.41, 5.74) is 0.314. The number of carboxylic acid groups (broad SMARTS) is 1. The molecule has 1 aromatic carbocycles.